The smallest absolute Gasteiger partial charge is 0.229 e. The minimum absolute atomic E-state index is 0.0864. The lowest BCUT2D eigenvalue weighted by molar-refractivity contribution is 0.0897. The standard InChI is InChI=1S/C21H14N2O3/c1-11-5-4-6-12(9-11)16-15(10-22)21(23)26-20-17(16)18(24)13-7-2-3-8-14(13)19(20)25/h2-9,16H,23H2,1H3. The molecule has 1 unspecified atom stereocenters. The number of Topliss-reactive ketones (excluding diaryl/α,β-unsaturated/α-hetero) is 2. The van der Waals surface area contributed by atoms with E-state index < -0.39 is 11.7 Å². The number of carbonyl (C=O) groups is 2. The van der Waals surface area contributed by atoms with Crippen LogP contribution < -0.4 is 5.73 Å². The van der Waals surface area contributed by atoms with E-state index in [9.17, 15) is 14.9 Å². The third kappa shape index (κ3) is 2.16. The third-order valence-corrected chi connectivity index (χ3v) is 4.66. The Bertz CT molecular complexity index is 1090. The molecule has 1 aliphatic carbocycles. The number of ether oxygens (including phenoxy) is 1. The lowest BCUT2D eigenvalue weighted by atomic mass is 9.75. The van der Waals surface area contributed by atoms with Crippen LogP contribution in [0.3, 0.4) is 0 Å². The van der Waals surface area contributed by atoms with E-state index >= 15 is 0 Å². The van der Waals surface area contributed by atoms with Gasteiger partial charge in [-0.2, -0.15) is 5.26 Å². The zero-order chi connectivity index (χ0) is 18.4. The maximum atomic E-state index is 13.2. The highest BCUT2D eigenvalue weighted by atomic mass is 16.5. The van der Waals surface area contributed by atoms with Crippen molar-refractivity contribution in [3.05, 3.63) is 93.6 Å². The molecule has 0 amide bonds. The van der Waals surface area contributed by atoms with E-state index in [0.717, 1.165) is 11.1 Å². The summed E-state index contributed by atoms with van der Waals surface area (Å²) in [7, 11) is 0. The van der Waals surface area contributed by atoms with Gasteiger partial charge >= 0.3 is 0 Å². The molecule has 1 atom stereocenters. The largest absolute Gasteiger partial charge is 0.436 e. The Morgan fingerprint density at radius 1 is 1.04 bits per heavy atom. The third-order valence-electron chi connectivity index (χ3n) is 4.66. The molecule has 2 N–H and O–H groups in total. The van der Waals surface area contributed by atoms with E-state index in [0.29, 0.717) is 5.56 Å². The zero-order valence-corrected chi connectivity index (χ0v) is 13.9. The van der Waals surface area contributed by atoms with Crippen molar-refractivity contribution in [3.8, 4) is 6.07 Å². The molecule has 26 heavy (non-hydrogen) atoms. The minimum Gasteiger partial charge on any atom is -0.436 e. The molecule has 5 heteroatoms. The Kier molecular flexibility index (Phi) is 3.48. The molecule has 0 aromatic heterocycles. The monoisotopic (exact) mass is 342 g/mol. The van der Waals surface area contributed by atoms with Gasteiger partial charge in [0.1, 0.15) is 11.6 Å². The first-order chi connectivity index (χ1) is 12.5. The topological polar surface area (TPSA) is 93.2 Å². The molecule has 5 nitrogen and oxygen atoms in total. The highest BCUT2D eigenvalue weighted by molar-refractivity contribution is 6.27. The van der Waals surface area contributed by atoms with Crippen LogP contribution in [0.5, 0.6) is 0 Å². The van der Waals surface area contributed by atoms with Crippen molar-refractivity contribution in [1.29, 1.82) is 5.26 Å². The van der Waals surface area contributed by atoms with Crippen LogP contribution in [0, 0.1) is 18.3 Å². The number of benzene rings is 2. The number of fused-ring (bicyclic) bond motifs is 1. The van der Waals surface area contributed by atoms with Gasteiger partial charge in [0.15, 0.2) is 11.5 Å². The quantitative estimate of drug-likeness (QED) is 0.859. The molecule has 2 aromatic carbocycles. The predicted molar refractivity (Wildman–Crippen MR) is 94.0 cm³/mol. The van der Waals surface area contributed by atoms with Gasteiger partial charge in [0.2, 0.25) is 11.7 Å². The number of nitriles is 1. The Labute approximate surface area is 150 Å². The summed E-state index contributed by atoms with van der Waals surface area (Å²) in [6.07, 6.45) is 0. The molecular weight excluding hydrogens is 328 g/mol. The summed E-state index contributed by atoms with van der Waals surface area (Å²) >= 11 is 0. The highest BCUT2D eigenvalue weighted by Gasteiger charge is 2.43. The first-order valence-corrected chi connectivity index (χ1v) is 8.09. The number of aryl methyl sites for hydroxylation is 1. The van der Waals surface area contributed by atoms with Crippen molar-refractivity contribution < 1.29 is 14.3 Å². The molecule has 126 valence electrons. The van der Waals surface area contributed by atoms with Crippen LogP contribution in [0.15, 0.2) is 71.3 Å². The summed E-state index contributed by atoms with van der Waals surface area (Å²) in [5.74, 6) is -1.67. The van der Waals surface area contributed by atoms with Crippen molar-refractivity contribution in [2.75, 3.05) is 0 Å². The average molecular weight is 342 g/mol. The lowest BCUT2D eigenvalue weighted by Gasteiger charge is -2.31. The molecule has 0 saturated carbocycles. The van der Waals surface area contributed by atoms with E-state index in [2.05, 4.69) is 0 Å². The van der Waals surface area contributed by atoms with Crippen LogP contribution in [0.25, 0.3) is 0 Å². The predicted octanol–water partition coefficient (Wildman–Crippen LogP) is 3.14. The van der Waals surface area contributed by atoms with Gasteiger partial charge in [-0.15, -0.1) is 0 Å². The van der Waals surface area contributed by atoms with Crippen LogP contribution in [-0.2, 0) is 4.74 Å². The van der Waals surface area contributed by atoms with Crippen molar-refractivity contribution >= 4 is 11.6 Å². The van der Waals surface area contributed by atoms with Crippen LogP contribution in [0.4, 0.5) is 0 Å². The van der Waals surface area contributed by atoms with E-state index in [1.807, 2.05) is 37.3 Å². The Hall–Kier alpha value is -3.65. The molecule has 4 rings (SSSR count). The van der Waals surface area contributed by atoms with Crippen LogP contribution in [0.1, 0.15) is 37.8 Å². The van der Waals surface area contributed by atoms with E-state index in [1.54, 1.807) is 24.3 Å². The van der Waals surface area contributed by atoms with Crippen molar-refractivity contribution in [2.45, 2.75) is 12.8 Å². The maximum Gasteiger partial charge on any atom is 0.229 e. The lowest BCUT2D eigenvalue weighted by Crippen LogP contribution is -2.32. The van der Waals surface area contributed by atoms with Crippen molar-refractivity contribution in [2.24, 2.45) is 5.73 Å². The molecule has 2 aliphatic rings. The number of allylic oxidation sites excluding steroid dienone is 3. The number of rotatable bonds is 1. The summed E-state index contributed by atoms with van der Waals surface area (Å²) in [5.41, 5.74) is 8.53. The second-order valence-corrected chi connectivity index (χ2v) is 6.29. The normalized spacial score (nSPS) is 18.8. The molecule has 0 bridgehead atoms. The van der Waals surface area contributed by atoms with Gasteiger partial charge in [-0.3, -0.25) is 9.59 Å². The summed E-state index contributed by atoms with van der Waals surface area (Å²) < 4.78 is 5.46. The SMILES string of the molecule is Cc1cccc(C2C(C#N)=C(N)OC3=C2C(=O)c2ccccc2C3=O)c1. The van der Waals surface area contributed by atoms with E-state index in [4.69, 9.17) is 10.5 Å². The summed E-state index contributed by atoms with van der Waals surface area (Å²) in [6, 6.07) is 16.1. The Balaban J connectivity index is 1.99. The van der Waals surface area contributed by atoms with Gasteiger partial charge in [-0.25, -0.2) is 0 Å². The zero-order valence-electron chi connectivity index (χ0n) is 13.9. The van der Waals surface area contributed by atoms with Gasteiger partial charge in [0, 0.05) is 11.1 Å². The molecule has 1 aliphatic heterocycles. The van der Waals surface area contributed by atoms with E-state index in [1.165, 1.54) is 0 Å². The molecule has 1 heterocycles. The Morgan fingerprint density at radius 3 is 2.38 bits per heavy atom. The summed E-state index contributed by atoms with van der Waals surface area (Å²) in [6.45, 7) is 1.92. The number of hydrogen-bond acceptors (Lipinski definition) is 5. The van der Waals surface area contributed by atoms with Gasteiger partial charge < -0.3 is 10.5 Å². The number of ketones is 2. The first kappa shape index (κ1) is 15.9. The maximum absolute atomic E-state index is 13.2. The summed E-state index contributed by atoms with van der Waals surface area (Å²) in [4.78, 5) is 26.1. The number of hydrogen-bond donors (Lipinski definition) is 1. The van der Waals surface area contributed by atoms with Gasteiger partial charge in [-0.05, 0) is 12.5 Å². The second-order valence-electron chi connectivity index (χ2n) is 6.29. The highest BCUT2D eigenvalue weighted by Crippen LogP contribution is 2.44. The van der Waals surface area contributed by atoms with Gasteiger partial charge in [0.05, 0.1) is 11.5 Å². The van der Waals surface area contributed by atoms with E-state index in [-0.39, 0.29) is 34.1 Å². The fourth-order valence-electron chi connectivity index (χ4n) is 3.49. The Morgan fingerprint density at radius 2 is 1.73 bits per heavy atom. The first-order valence-electron chi connectivity index (χ1n) is 8.09. The van der Waals surface area contributed by atoms with Crippen molar-refractivity contribution in [1.82, 2.24) is 0 Å². The molecule has 0 radical (unpaired) electrons. The molecule has 0 fully saturated rings. The van der Waals surface area contributed by atoms with Crippen LogP contribution in [-0.4, -0.2) is 11.6 Å². The molecule has 2 aromatic rings. The molecular formula is C21H14N2O3. The fourth-order valence-corrected chi connectivity index (χ4v) is 3.49. The van der Waals surface area contributed by atoms with Crippen molar-refractivity contribution in [3.63, 3.8) is 0 Å². The minimum atomic E-state index is -0.728. The number of carbonyl (C=O) groups excluding carboxylic acids is 2. The van der Waals surface area contributed by atoms with Crippen LogP contribution >= 0.6 is 0 Å². The second kappa shape index (κ2) is 5.71. The van der Waals surface area contributed by atoms with Crippen LogP contribution in [0.2, 0.25) is 0 Å². The molecule has 0 spiro atoms. The van der Waals surface area contributed by atoms with Gasteiger partial charge in [0.25, 0.3) is 0 Å². The van der Waals surface area contributed by atoms with Gasteiger partial charge in [-0.1, -0.05) is 54.1 Å². The molecule has 0 saturated heterocycles. The average Bonchev–Trinajstić information content (AvgIpc) is 2.65. The summed E-state index contributed by atoms with van der Waals surface area (Å²) in [5, 5.41) is 9.61. The number of nitrogens with zero attached hydrogens (tertiary/aromatic N) is 1. The fraction of sp³-hybridized carbons (Fsp3) is 0.0952. The number of nitrogens with two attached hydrogens (primary N) is 1.